The van der Waals surface area contributed by atoms with E-state index in [1.807, 2.05) is 37.3 Å². The van der Waals surface area contributed by atoms with Gasteiger partial charge in [-0.3, -0.25) is 14.7 Å². The number of carbonyl (C=O) groups excluding carboxylic acids is 1. The molecule has 3 aromatic heterocycles. The molecule has 194 valence electrons. The van der Waals surface area contributed by atoms with Crippen LogP contribution in [0.3, 0.4) is 0 Å². The highest BCUT2D eigenvalue weighted by molar-refractivity contribution is 7.91. The van der Waals surface area contributed by atoms with Crippen molar-refractivity contribution in [3.63, 3.8) is 0 Å². The number of halogens is 1. The van der Waals surface area contributed by atoms with E-state index in [4.69, 9.17) is 21.3 Å². The first-order chi connectivity index (χ1) is 17.9. The van der Waals surface area contributed by atoms with Crippen LogP contribution in [0, 0.1) is 5.92 Å². The van der Waals surface area contributed by atoms with Gasteiger partial charge in [-0.1, -0.05) is 35.1 Å². The van der Waals surface area contributed by atoms with Gasteiger partial charge in [0, 0.05) is 25.5 Å². The third-order valence-corrected chi connectivity index (χ3v) is 10.7. The van der Waals surface area contributed by atoms with Crippen LogP contribution in [0.1, 0.15) is 25.3 Å². The Hall–Kier alpha value is -2.57. The highest BCUT2D eigenvalue weighted by Gasteiger charge is 2.37. The molecule has 1 atom stereocenters. The van der Waals surface area contributed by atoms with E-state index in [9.17, 15) is 13.2 Å². The third-order valence-electron chi connectivity index (χ3n) is 6.11. The van der Waals surface area contributed by atoms with Gasteiger partial charge in [0.1, 0.15) is 15.5 Å². The normalized spacial score (nSPS) is 16.6. The Kier molecular flexibility index (Phi) is 7.77. The van der Waals surface area contributed by atoms with E-state index in [0.29, 0.717) is 46.7 Å². The van der Waals surface area contributed by atoms with E-state index < -0.39 is 15.9 Å². The molecule has 4 aromatic rings. The summed E-state index contributed by atoms with van der Waals surface area (Å²) in [5.74, 6) is -0.000179. The molecule has 0 radical (unpaired) electrons. The molecule has 0 aliphatic carbocycles. The minimum Gasteiger partial charge on any atom is -0.492 e. The molecule has 1 unspecified atom stereocenters. The number of fused-ring (bicyclic) bond motifs is 1. The van der Waals surface area contributed by atoms with E-state index in [1.54, 1.807) is 23.4 Å². The maximum atomic E-state index is 14.0. The molecule has 0 spiro atoms. The number of piperidine rings is 1. The quantitative estimate of drug-likeness (QED) is 0.277. The van der Waals surface area contributed by atoms with Crippen molar-refractivity contribution in [2.24, 2.45) is 5.92 Å². The molecule has 1 aliphatic heterocycles. The number of aromatic nitrogens is 2. The molecule has 0 bridgehead atoms. The molecule has 4 heterocycles. The van der Waals surface area contributed by atoms with Crippen LogP contribution in [0.4, 0.5) is 5.13 Å². The highest BCUT2D eigenvalue weighted by atomic mass is 35.5. The van der Waals surface area contributed by atoms with Crippen molar-refractivity contribution in [1.29, 1.82) is 0 Å². The van der Waals surface area contributed by atoms with Gasteiger partial charge < -0.3 is 4.74 Å². The first-order valence-corrected chi connectivity index (χ1v) is 15.3. The van der Waals surface area contributed by atoms with Crippen LogP contribution in [-0.2, 0) is 21.4 Å². The zero-order valence-electron chi connectivity index (χ0n) is 20.0. The third kappa shape index (κ3) is 5.51. The summed E-state index contributed by atoms with van der Waals surface area (Å²) in [5, 5.41) is 0.543. The number of rotatable bonds is 8. The summed E-state index contributed by atoms with van der Waals surface area (Å²) < 4.78 is 35.1. The van der Waals surface area contributed by atoms with Gasteiger partial charge in [-0.25, -0.2) is 13.4 Å². The van der Waals surface area contributed by atoms with Crippen LogP contribution < -0.4 is 9.64 Å². The average molecular weight is 577 g/mol. The number of nitrogens with zero attached hydrogens (tertiary/aromatic N) is 4. The Labute approximate surface area is 228 Å². The number of amides is 1. The lowest BCUT2D eigenvalue weighted by Crippen LogP contribution is -2.46. The van der Waals surface area contributed by atoms with Crippen LogP contribution in [0.25, 0.3) is 10.2 Å². The van der Waals surface area contributed by atoms with Crippen LogP contribution in [-0.4, -0.2) is 48.3 Å². The lowest BCUT2D eigenvalue weighted by Gasteiger charge is -2.33. The van der Waals surface area contributed by atoms with E-state index in [0.717, 1.165) is 21.6 Å². The maximum Gasteiger partial charge on any atom is 0.252 e. The highest BCUT2D eigenvalue weighted by Crippen LogP contribution is 2.37. The molecular formula is C25H25ClN4O4S3. The monoisotopic (exact) mass is 576 g/mol. The zero-order chi connectivity index (χ0) is 26.0. The van der Waals surface area contributed by atoms with Crippen molar-refractivity contribution in [3.05, 3.63) is 64.8 Å². The molecule has 1 amide bonds. The van der Waals surface area contributed by atoms with E-state index >= 15 is 0 Å². The zero-order valence-corrected chi connectivity index (χ0v) is 23.2. The molecule has 0 N–H and O–H groups in total. The molecular weight excluding hydrogens is 552 g/mol. The summed E-state index contributed by atoms with van der Waals surface area (Å²) in [6, 6.07) is 12.5. The van der Waals surface area contributed by atoms with Gasteiger partial charge in [-0.05, 0) is 55.7 Å². The lowest BCUT2D eigenvalue weighted by molar-refractivity contribution is -0.123. The number of ether oxygens (including phenoxy) is 1. The first kappa shape index (κ1) is 26.1. The predicted molar refractivity (Wildman–Crippen MR) is 147 cm³/mol. The fourth-order valence-electron chi connectivity index (χ4n) is 4.36. The molecule has 8 nitrogen and oxygen atoms in total. The molecule has 5 rings (SSSR count). The second kappa shape index (κ2) is 11.0. The Morgan fingerprint density at radius 2 is 2.08 bits per heavy atom. The van der Waals surface area contributed by atoms with Crippen LogP contribution in [0.2, 0.25) is 4.34 Å². The number of pyridine rings is 1. The number of sulfonamides is 1. The number of thiophene rings is 1. The molecule has 1 saturated heterocycles. The smallest absolute Gasteiger partial charge is 0.252 e. The number of thiazole rings is 1. The number of benzene rings is 1. The minimum absolute atomic E-state index is 0.106. The van der Waals surface area contributed by atoms with Gasteiger partial charge in [-0.15, -0.1) is 11.3 Å². The lowest BCUT2D eigenvalue weighted by atomic mass is 9.98. The van der Waals surface area contributed by atoms with E-state index in [2.05, 4.69) is 4.98 Å². The summed E-state index contributed by atoms with van der Waals surface area (Å²) in [6.07, 6.45) is 4.58. The van der Waals surface area contributed by atoms with Crippen molar-refractivity contribution in [1.82, 2.24) is 14.3 Å². The summed E-state index contributed by atoms with van der Waals surface area (Å²) in [4.78, 5) is 24.6. The average Bonchev–Trinajstić information content (AvgIpc) is 3.55. The molecule has 37 heavy (non-hydrogen) atoms. The van der Waals surface area contributed by atoms with Crippen LogP contribution in [0.15, 0.2) is 59.1 Å². The van der Waals surface area contributed by atoms with Crippen molar-refractivity contribution >= 4 is 65.6 Å². The first-order valence-electron chi connectivity index (χ1n) is 11.8. The summed E-state index contributed by atoms with van der Waals surface area (Å²) in [7, 11) is -3.73. The molecule has 1 fully saturated rings. The second-order valence-corrected chi connectivity index (χ2v) is 13.5. The van der Waals surface area contributed by atoms with Gasteiger partial charge in [0.2, 0.25) is 5.91 Å². The topological polar surface area (TPSA) is 92.7 Å². The molecule has 1 aliphatic rings. The van der Waals surface area contributed by atoms with Crippen molar-refractivity contribution in [2.75, 3.05) is 24.6 Å². The van der Waals surface area contributed by atoms with Crippen molar-refractivity contribution < 1.29 is 17.9 Å². The fraction of sp³-hybridized carbons (Fsp3) is 0.320. The largest absolute Gasteiger partial charge is 0.492 e. The fourth-order valence-corrected chi connectivity index (χ4v) is 8.51. The minimum atomic E-state index is -3.73. The van der Waals surface area contributed by atoms with Crippen molar-refractivity contribution in [2.45, 2.75) is 30.5 Å². The number of hydrogen-bond acceptors (Lipinski definition) is 8. The predicted octanol–water partition coefficient (Wildman–Crippen LogP) is 5.44. The van der Waals surface area contributed by atoms with Crippen molar-refractivity contribution in [3.8, 4) is 5.75 Å². The molecule has 1 aromatic carbocycles. The van der Waals surface area contributed by atoms with E-state index in [1.165, 1.54) is 21.7 Å². The van der Waals surface area contributed by atoms with Gasteiger partial charge in [0.05, 0.1) is 28.1 Å². The Bertz CT molecular complexity index is 1510. The number of anilines is 1. The van der Waals surface area contributed by atoms with Gasteiger partial charge in [0.15, 0.2) is 5.13 Å². The summed E-state index contributed by atoms with van der Waals surface area (Å²) >= 11 is 8.43. The number of para-hydroxylation sites is 1. The number of carbonyl (C=O) groups is 1. The van der Waals surface area contributed by atoms with Gasteiger partial charge in [0.25, 0.3) is 10.0 Å². The van der Waals surface area contributed by atoms with E-state index in [-0.39, 0.29) is 23.2 Å². The molecule has 12 heteroatoms. The van der Waals surface area contributed by atoms with Gasteiger partial charge >= 0.3 is 0 Å². The maximum absolute atomic E-state index is 14.0. The molecule has 0 saturated carbocycles. The van der Waals surface area contributed by atoms with Gasteiger partial charge in [-0.2, -0.15) is 4.31 Å². The van der Waals surface area contributed by atoms with Crippen LogP contribution in [0.5, 0.6) is 5.75 Å². The summed E-state index contributed by atoms with van der Waals surface area (Å²) in [6.45, 7) is 3.17. The van der Waals surface area contributed by atoms with Crippen LogP contribution >= 0.6 is 34.3 Å². The SMILES string of the molecule is CCOc1cccc2sc(N(Cc3cccnc3)C(=O)C3CCCN(S(=O)(=O)c4ccc(Cl)s4)C3)nc12. The Morgan fingerprint density at radius 3 is 2.81 bits per heavy atom. The standard InChI is InChI=1S/C25H25ClN4O4S3/c1-2-34-19-8-3-9-20-23(19)28-25(35-20)30(15-17-6-4-12-27-14-17)24(31)18-7-5-13-29(16-18)37(32,33)22-11-10-21(26)36-22/h3-4,6,8-12,14,18H,2,5,7,13,15-16H2,1H3. The Morgan fingerprint density at radius 1 is 1.22 bits per heavy atom. The number of hydrogen-bond donors (Lipinski definition) is 0. The Balaban J connectivity index is 1.47. The summed E-state index contributed by atoms with van der Waals surface area (Å²) in [5.41, 5.74) is 1.56. The second-order valence-electron chi connectivity index (χ2n) is 8.58.